The molecule has 0 spiro atoms. The van der Waals surface area contributed by atoms with Crippen LogP contribution in [0.4, 0.5) is 10.1 Å². The molecule has 146 valence electrons. The van der Waals surface area contributed by atoms with Crippen LogP contribution in [0.25, 0.3) is 0 Å². The Morgan fingerprint density at radius 1 is 1.07 bits per heavy atom. The van der Waals surface area contributed by atoms with Gasteiger partial charge in [0.2, 0.25) is 5.91 Å². The maximum Gasteiger partial charge on any atom is 0.232 e. The number of hydrogen-bond acceptors (Lipinski definition) is 3. The lowest BCUT2D eigenvalue weighted by atomic mass is 9.69. The number of benzene rings is 2. The number of ketones is 1. The van der Waals surface area contributed by atoms with Crippen molar-refractivity contribution >= 4 is 17.4 Å². The van der Waals surface area contributed by atoms with Crippen LogP contribution in [0.15, 0.2) is 59.8 Å². The molecule has 1 amide bonds. The number of hydrogen-bond donors (Lipinski definition) is 0. The molecule has 1 aliphatic carbocycles. The second-order valence-electron chi connectivity index (χ2n) is 8.47. The number of allylic oxidation sites excluding steroid dienone is 2. The summed E-state index contributed by atoms with van der Waals surface area (Å²) in [4.78, 5) is 28.0. The van der Waals surface area contributed by atoms with Gasteiger partial charge in [0.1, 0.15) is 11.9 Å². The van der Waals surface area contributed by atoms with Crippen molar-refractivity contribution in [3.63, 3.8) is 0 Å². The molecule has 0 saturated carbocycles. The van der Waals surface area contributed by atoms with Gasteiger partial charge in [-0.25, -0.2) is 4.39 Å². The van der Waals surface area contributed by atoms with E-state index in [9.17, 15) is 19.2 Å². The van der Waals surface area contributed by atoms with Gasteiger partial charge in [-0.05, 0) is 41.7 Å². The molecule has 4 rings (SSSR count). The van der Waals surface area contributed by atoms with E-state index in [0.29, 0.717) is 35.4 Å². The summed E-state index contributed by atoms with van der Waals surface area (Å²) in [5, 5.41) is 9.54. The van der Waals surface area contributed by atoms with Crippen molar-refractivity contribution in [1.82, 2.24) is 0 Å². The van der Waals surface area contributed by atoms with E-state index < -0.39 is 5.92 Å². The molecule has 1 atom stereocenters. The highest BCUT2D eigenvalue weighted by Crippen LogP contribution is 2.48. The molecule has 2 aliphatic rings. The molecule has 0 saturated heterocycles. The van der Waals surface area contributed by atoms with Gasteiger partial charge < -0.3 is 0 Å². The van der Waals surface area contributed by atoms with Crippen LogP contribution < -0.4 is 4.90 Å². The summed E-state index contributed by atoms with van der Waals surface area (Å²) >= 11 is 0. The van der Waals surface area contributed by atoms with Crippen molar-refractivity contribution in [1.29, 1.82) is 5.26 Å². The van der Waals surface area contributed by atoms with Gasteiger partial charge in [0.05, 0.1) is 11.3 Å². The van der Waals surface area contributed by atoms with Crippen molar-refractivity contribution in [3.05, 3.63) is 76.7 Å². The smallest absolute Gasteiger partial charge is 0.232 e. The summed E-state index contributed by atoms with van der Waals surface area (Å²) in [6.07, 6.45) is 1.05. The quantitative estimate of drug-likeness (QED) is 0.738. The number of amides is 1. The Kier molecular flexibility index (Phi) is 4.58. The third kappa shape index (κ3) is 3.36. The van der Waals surface area contributed by atoms with Gasteiger partial charge in [-0.2, -0.15) is 5.26 Å². The van der Waals surface area contributed by atoms with E-state index in [1.807, 2.05) is 13.8 Å². The Morgan fingerprint density at radius 3 is 2.45 bits per heavy atom. The Balaban J connectivity index is 1.93. The zero-order valence-electron chi connectivity index (χ0n) is 16.4. The van der Waals surface area contributed by atoms with E-state index in [1.54, 1.807) is 41.3 Å². The van der Waals surface area contributed by atoms with E-state index in [0.717, 1.165) is 5.56 Å². The number of halogens is 1. The van der Waals surface area contributed by atoms with Crippen molar-refractivity contribution in [3.8, 4) is 6.07 Å². The predicted molar refractivity (Wildman–Crippen MR) is 107 cm³/mol. The number of Topliss-reactive ketones (excluding diaryl/α,β-unsaturated/α-hetero) is 1. The van der Waals surface area contributed by atoms with Crippen molar-refractivity contribution < 1.29 is 14.0 Å². The fourth-order valence-corrected chi connectivity index (χ4v) is 4.44. The monoisotopic (exact) mass is 388 g/mol. The van der Waals surface area contributed by atoms with Gasteiger partial charge >= 0.3 is 0 Å². The minimum atomic E-state index is -0.396. The Labute approximate surface area is 169 Å². The third-order valence-electron chi connectivity index (χ3n) is 5.68. The van der Waals surface area contributed by atoms with Crippen molar-refractivity contribution in [2.75, 3.05) is 4.90 Å². The molecule has 5 heteroatoms. The van der Waals surface area contributed by atoms with Crippen LogP contribution in [0.3, 0.4) is 0 Å². The van der Waals surface area contributed by atoms with Crippen molar-refractivity contribution in [2.45, 2.75) is 39.0 Å². The van der Waals surface area contributed by atoms with Crippen LogP contribution in [0.2, 0.25) is 0 Å². The largest absolute Gasteiger partial charge is 0.294 e. The lowest BCUT2D eigenvalue weighted by Crippen LogP contribution is -2.44. The number of anilines is 1. The highest BCUT2D eigenvalue weighted by molar-refractivity contribution is 6.08. The SMILES string of the molecule is CC1(C)CC(=O)C2=C(C1)N(c1ccccc1C#N)C(=O)CC2c1ccc(F)cc1. The maximum atomic E-state index is 13.4. The van der Waals surface area contributed by atoms with Crippen LogP contribution >= 0.6 is 0 Å². The number of nitrogens with zero attached hydrogens (tertiary/aromatic N) is 2. The number of carbonyl (C=O) groups is 2. The minimum Gasteiger partial charge on any atom is -0.294 e. The van der Waals surface area contributed by atoms with Gasteiger partial charge in [0.25, 0.3) is 0 Å². The fourth-order valence-electron chi connectivity index (χ4n) is 4.44. The molecule has 1 heterocycles. The van der Waals surface area contributed by atoms with E-state index >= 15 is 0 Å². The number of nitriles is 1. The molecule has 1 unspecified atom stereocenters. The van der Waals surface area contributed by atoms with E-state index in [4.69, 9.17) is 0 Å². The highest BCUT2D eigenvalue weighted by atomic mass is 19.1. The van der Waals surface area contributed by atoms with Gasteiger partial charge in [0, 0.05) is 30.0 Å². The summed E-state index contributed by atoms with van der Waals surface area (Å²) in [6, 6.07) is 15.1. The molecular formula is C24H21FN2O2. The zero-order valence-corrected chi connectivity index (χ0v) is 16.4. The summed E-state index contributed by atoms with van der Waals surface area (Å²) < 4.78 is 13.4. The predicted octanol–water partition coefficient (Wildman–Crippen LogP) is 4.86. The van der Waals surface area contributed by atoms with E-state index in [1.165, 1.54) is 12.1 Å². The van der Waals surface area contributed by atoms with Gasteiger partial charge in [0.15, 0.2) is 5.78 Å². The van der Waals surface area contributed by atoms with Crippen LogP contribution in [0.5, 0.6) is 0 Å². The number of rotatable bonds is 2. The molecule has 0 aromatic heterocycles. The first kappa shape index (κ1) is 19.1. The first-order valence-electron chi connectivity index (χ1n) is 9.64. The molecule has 4 nitrogen and oxygen atoms in total. The lowest BCUT2D eigenvalue weighted by Gasteiger charge is -2.43. The molecule has 0 fully saturated rings. The highest BCUT2D eigenvalue weighted by Gasteiger charge is 2.44. The Morgan fingerprint density at radius 2 is 1.76 bits per heavy atom. The number of para-hydroxylation sites is 1. The maximum absolute atomic E-state index is 13.4. The normalized spacial score (nSPS) is 21.0. The molecule has 0 N–H and O–H groups in total. The van der Waals surface area contributed by atoms with Gasteiger partial charge in [-0.1, -0.05) is 38.1 Å². The first-order valence-corrected chi connectivity index (χ1v) is 9.64. The molecule has 1 aliphatic heterocycles. The minimum absolute atomic E-state index is 0.0116. The van der Waals surface area contributed by atoms with Crippen LogP contribution in [0, 0.1) is 22.6 Å². The average Bonchev–Trinajstić information content (AvgIpc) is 2.67. The molecule has 29 heavy (non-hydrogen) atoms. The number of carbonyl (C=O) groups excluding carboxylic acids is 2. The second-order valence-corrected chi connectivity index (χ2v) is 8.47. The van der Waals surface area contributed by atoms with Crippen LogP contribution in [-0.4, -0.2) is 11.7 Å². The van der Waals surface area contributed by atoms with Crippen LogP contribution in [0.1, 0.15) is 50.2 Å². The van der Waals surface area contributed by atoms with Crippen LogP contribution in [-0.2, 0) is 9.59 Å². The second kappa shape index (κ2) is 6.97. The van der Waals surface area contributed by atoms with Gasteiger partial charge in [-0.15, -0.1) is 0 Å². The topological polar surface area (TPSA) is 61.2 Å². The molecule has 0 bridgehead atoms. The molecule has 2 aromatic carbocycles. The van der Waals surface area contributed by atoms with Gasteiger partial charge in [-0.3, -0.25) is 14.5 Å². The van der Waals surface area contributed by atoms with E-state index in [2.05, 4.69) is 6.07 Å². The molecule has 2 aromatic rings. The lowest BCUT2D eigenvalue weighted by molar-refractivity contribution is -0.121. The Hall–Kier alpha value is -3.26. The molecular weight excluding hydrogens is 367 g/mol. The summed E-state index contributed by atoms with van der Waals surface area (Å²) in [5.74, 6) is -0.901. The fraction of sp³-hybridized carbons (Fsp3) is 0.292. The molecule has 0 radical (unpaired) electrons. The average molecular weight is 388 g/mol. The third-order valence-corrected chi connectivity index (χ3v) is 5.68. The first-order chi connectivity index (χ1) is 13.8. The van der Waals surface area contributed by atoms with Crippen molar-refractivity contribution in [2.24, 2.45) is 5.41 Å². The standard InChI is InChI=1S/C24H21FN2O2/c1-24(2)12-20-23(21(28)13-24)18(15-7-9-17(25)10-8-15)11-22(29)27(20)19-6-4-3-5-16(19)14-26/h3-10,18H,11-13H2,1-2H3. The summed E-state index contributed by atoms with van der Waals surface area (Å²) in [7, 11) is 0. The zero-order chi connectivity index (χ0) is 20.8. The summed E-state index contributed by atoms with van der Waals surface area (Å²) in [6.45, 7) is 4.02. The Bertz CT molecular complexity index is 1080. The van der Waals surface area contributed by atoms with E-state index in [-0.39, 0.29) is 29.3 Å². The summed E-state index contributed by atoms with van der Waals surface area (Å²) in [5.41, 5.74) is 2.65.